The standard InChI is InChI=1S/C6H7N3/c1-4-2-6-8-7-3-9(6)5(1)4/h3-5H,1-2H2. The first-order valence-electron chi connectivity index (χ1n) is 3.33. The van der Waals surface area contributed by atoms with E-state index in [1.165, 1.54) is 18.7 Å². The van der Waals surface area contributed by atoms with Gasteiger partial charge >= 0.3 is 0 Å². The van der Waals surface area contributed by atoms with Gasteiger partial charge in [0.15, 0.2) is 0 Å². The molecule has 0 bridgehead atoms. The maximum absolute atomic E-state index is 3.99. The summed E-state index contributed by atoms with van der Waals surface area (Å²) < 4.78 is 2.21. The Balaban J connectivity index is 2.25. The number of fused-ring (bicyclic) bond motifs is 3. The highest BCUT2D eigenvalue weighted by Gasteiger charge is 2.45. The van der Waals surface area contributed by atoms with Gasteiger partial charge in [-0.25, -0.2) is 0 Å². The van der Waals surface area contributed by atoms with Gasteiger partial charge in [-0.3, -0.25) is 0 Å². The van der Waals surface area contributed by atoms with Crippen molar-refractivity contribution in [3.8, 4) is 0 Å². The van der Waals surface area contributed by atoms with Gasteiger partial charge in [-0.15, -0.1) is 10.2 Å². The van der Waals surface area contributed by atoms with Crippen LogP contribution in [0.25, 0.3) is 0 Å². The Labute approximate surface area is 52.7 Å². The van der Waals surface area contributed by atoms with Gasteiger partial charge in [0.2, 0.25) is 0 Å². The topological polar surface area (TPSA) is 30.7 Å². The van der Waals surface area contributed by atoms with Crippen LogP contribution in [0.1, 0.15) is 18.3 Å². The minimum absolute atomic E-state index is 0.787. The average Bonchev–Trinajstić information content (AvgIpc) is 2.38. The lowest BCUT2D eigenvalue weighted by Crippen LogP contribution is -1.91. The van der Waals surface area contributed by atoms with E-state index in [1.54, 1.807) is 0 Å². The van der Waals surface area contributed by atoms with Crippen molar-refractivity contribution in [1.82, 2.24) is 14.8 Å². The average molecular weight is 121 g/mol. The van der Waals surface area contributed by atoms with E-state index < -0.39 is 0 Å². The third-order valence-electron chi connectivity index (χ3n) is 2.33. The molecule has 2 heterocycles. The Kier molecular flexibility index (Phi) is 0.463. The van der Waals surface area contributed by atoms with Gasteiger partial charge in [0, 0.05) is 12.5 Å². The highest BCUT2D eigenvalue weighted by Crippen LogP contribution is 2.50. The summed E-state index contributed by atoms with van der Waals surface area (Å²) in [5.41, 5.74) is 0. The summed E-state index contributed by atoms with van der Waals surface area (Å²) in [5, 5.41) is 7.82. The monoisotopic (exact) mass is 121 g/mol. The molecule has 3 heteroatoms. The van der Waals surface area contributed by atoms with Crippen LogP contribution >= 0.6 is 0 Å². The lowest BCUT2D eigenvalue weighted by atomic mass is 10.3. The van der Waals surface area contributed by atoms with Crippen LogP contribution in [0.15, 0.2) is 6.33 Å². The third-order valence-corrected chi connectivity index (χ3v) is 2.33. The van der Waals surface area contributed by atoms with Crippen LogP contribution < -0.4 is 0 Å². The van der Waals surface area contributed by atoms with Crippen molar-refractivity contribution < 1.29 is 0 Å². The molecule has 46 valence electrons. The molecule has 3 nitrogen and oxygen atoms in total. The second-order valence-electron chi connectivity index (χ2n) is 2.92. The molecule has 0 N–H and O–H groups in total. The normalized spacial score (nSPS) is 36.0. The van der Waals surface area contributed by atoms with Crippen LogP contribution in [0.4, 0.5) is 0 Å². The first-order valence-corrected chi connectivity index (χ1v) is 3.33. The number of aromatic nitrogens is 3. The molecular formula is C6H7N3. The lowest BCUT2D eigenvalue weighted by molar-refractivity contribution is 0.741. The largest absolute Gasteiger partial charge is 0.314 e. The van der Waals surface area contributed by atoms with Gasteiger partial charge in [-0.05, 0) is 12.3 Å². The molecule has 1 aliphatic carbocycles. The fourth-order valence-electron chi connectivity index (χ4n) is 1.72. The molecule has 0 spiro atoms. The summed E-state index contributed by atoms with van der Waals surface area (Å²) in [6, 6.07) is 0.787. The second-order valence-corrected chi connectivity index (χ2v) is 2.92. The fourth-order valence-corrected chi connectivity index (χ4v) is 1.72. The Hall–Kier alpha value is -0.860. The number of hydrogen-bond acceptors (Lipinski definition) is 2. The summed E-state index contributed by atoms with van der Waals surface area (Å²) in [6.07, 6.45) is 4.39. The quantitative estimate of drug-likeness (QED) is 0.497. The van der Waals surface area contributed by atoms with Gasteiger partial charge in [0.25, 0.3) is 0 Å². The lowest BCUT2D eigenvalue weighted by Gasteiger charge is -1.92. The molecule has 0 saturated heterocycles. The SMILES string of the molecule is c1nnc2n1C1CC1C2. The van der Waals surface area contributed by atoms with Crippen LogP contribution in [-0.2, 0) is 6.42 Å². The van der Waals surface area contributed by atoms with Crippen molar-refractivity contribution in [3.05, 3.63) is 12.2 Å². The van der Waals surface area contributed by atoms with E-state index in [4.69, 9.17) is 0 Å². The summed E-state index contributed by atoms with van der Waals surface area (Å²) in [4.78, 5) is 0. The summed E-state index contributed by atoms with van der Waals surface area (Å²) in [7, 11) is 0. The van der Waals surface area contributed by atoms with E-state index in [2.05, 4.69) is 14.8 Å². The van der Waals surface area contributed by atoms with Crippen molar-refractivity contribution >= 4 is 0 Å². The molecule has 0 radical (unpaired) electrons. The Morgan fingerprint density at radius 1 is 1.67 bits per heavy atom. The predicted molar refractivity (Wildman–Crippen MR) is 30.9 cm³/mol. The van der Waals surface area contributed by atoms with E-state index in [0.717, 1.165) is 12.0 Å². The van der Waals surface area contributed by atoms with Crippen molar-refractivity contribution in [3.63, 3.8) is 0 Å². The van der Waals surface area contributed by atoms with Gasteiger partial charge in [0.05, 0.1) is 0 Å². The molecule has 9 heavy (non-hydrogen) atoms. The molecule has 1 aliphatic heterocycles. The van der Waals surface area contributed by atoms with Gasteiger partial charge < -0.3 is 4.57 Å². The van der Waals surface area contributed by atoms with Crippen LogP contribution in [0.5, 0.6) is 0 Å². The summed E-state index contributed by atoms with van der Waals surface area (Å²) >= 11 is 0. The highest BCUT2D eigenvalue weighted by atomic mass is 15.3. The molecule has 2 unspecified atom stereocenters. The van der Waals surface area contributed by atoms with Crippen LogP contribution in [0.2, 0.25) is 0 Å². The molecule has 2 atom stereocenters. The van der Waals surface area contributed by atoms with E-state index in [0.29, 0.717) is 0 Å². The molecule has 1 aromatic heterocycles. The maximum Gasteiger partial charge on any atom is 0.133 e. The summed E-state index contributed by atoms with van der Waals surface area (Å²) in [6.45, 7) is 0. The van der Waals surface area contributed by atoms with Crippen LogP contribution in [0.3, 0.4) is 0 Å². The molecular weight excluding hydrogens is 114 g/mol. The van der Waals surface area contributed by atoms with Crippen molar-refractivity contribution in [2.75, 3.05) is 0 Å². The van der Waals surface area contributed by atoms with E-state index in [-0.39, 0.29) is 0 Å². The molecule has 1 fully saturated rings. The van der Waals surface area contributed by atoms with Crippen molar-refractivity contribution in [2.45, 2.75) is 18.9 Å². The van der Waals surface area contributed by atoms with Crippen molar-refractivity contribution in [1.29, 1.82) is 0 Å². The molecule has 2 aliphatic rings. The smallest absolute Gasteiger partial charge is 0.133 e. The molecule has 1 aromatic rings. The molecule has 0 aromatic carbocycles. The Morgan fingerprint density at radius 2 is 2.67 bits per heavy atom. The predicted octanol–water partition coefficient (Wildman–Crippen LogP) is 0.395. The zero-order valence-electron chi connectivity index (χ0n) is 4.99. The maximum atomic E-state index is 3.99. The first-order chi connectivity index (χ1) is 4.45. The minimum atomic E-state index is 0.787. The van der Waals surface area contributed by atoms with Crippen molar-refractivity contribution in [2.24, 2.45) is 5.92 Å². The van der Waals surface area contributed by atoms with Gasteiger partial charge in [-0.2, -0.15) is 0 Å². The van der Waals surface area contributed by atoms with E-state index in [9.17, 15) is 0 Å². The Morgan fingerprint density at radius 3 is 3.56 bits per heavy atom. The molecule has 3 rings (SSSR count). The van der Waals surface area contributed by atoms with Gasteiger partial charge in [-0.1, -0.05) is 0 Å². The summed E-state index contributed by atoms with van der Waals surface area (Å²) in [5.74, 6) is 2.12. The Bertz CT molecular complexity index is 253. The second kappa shape index (κ2) is 1.03. The molecule has 0 amide bonds. The molecule has 1 saturated carbocycles. The zero-order valence-corrected chi connectivity index (χ0v) is 4.99. The van der Waals surface area contributed by atoms with E-state index in [1.807, 2.05) is 6.33 Å². The van der Waals surface area contributed by atoms with E-state index >= 15 is 0 Å². The minimum Gasteiger partial charge on any atom is -0.314 e. The third kappa shape index (κ3) is 0.352. The van der Waals surface area contributed by atoms with Gasteiger partial charge in [0.1, 0.15) is 12.2 Å². The number of hydrogen-bond donors (Lipinski definition) is 0. The zero-order chi connectivity index (χ0) is 5.84. The number of rotatable bonds is 0. The fraction of sp³-hybridized carbons (Fsp3) is 0.667. The van der Waals surface area contributed by atoms with Crippen LogP contribution in [0, 0.1) is 5.92 Å². The number of nitrogens with zero attached hydrogens (tertiary/aromatic N) is 3. The highest BCUT2D eigenvalue weighted by molar-refractivity contribution is 5.10. The van der Waals surface area contributed by atoms with Crippen LogP contribution in [-0.4, -0.2) is 14.8 Å². The first kappa shape index (κ1) is 4.04.